The summed E-state index contributed by atoms with van der Waals surface area (Å²) < 4.78 is 0. The molecule has 0 bridgehead atoms. The molecule has 0 unspecified atom stereocenters. The summed E-state index contributed by atoms with van der Waals surface area (Å²) in [5.74, 6) is 0. The van der Waals surface area contributed by atoms with Crippen molar-refractivity contribution < 1.29 is 19.5 Å². The number of allylic oxidation sites excluding steroid dienone is 2. The Bertz CT molecular complexity index is 42.3. The van der Waals surface area contributed by atoms with Gasteiger partial charge in [0.25, 0.3) is 0 Å². The van der Waals surface area contributed by atoms with Crippen molar-refractivity contribution in [2.24, 2.45) is 0 Å². The molecule has 0 aromatic rings. The summed E-state index contributed by atoms with van der Waals surface area (Å²) in [6, 6.07) is 0. The topological polar surface area (TPSA) is 0 Å². The first-order chi connectivity index (χ1) is 3.50. The second kappa shape index (κ2) is 10.4. The van der Waals surface area contributed by atoms with Crippen molar-refractivity contribution >= 4 is 0 Å². The molecule has 0 fully saturated rings. The molecule has 0 nitrogen and oxygen atoms in total. The standard InChI is InChI=1S/C5H7.C2H5.Ru/c1-2-4-5-3-1;1-2;/h1H,2,4-5H2;1H2,2H3;/q2*-1;+2. The van der Waals surface area contributed by atoms with Gasteiger partial charge in [-0.15, -0.1) is 0 Å². The fourth-order valence-electron chi connectivity index (χ4n) is 0.510. The molecule has 1 rings (SSSR count). The third-order valence-electron chi connectivity index (χ3n) is 0.814. The minimum Gasteiger partial charge on any atom is -0.501 e. The normalized spacial score (nSPS) is 13.8. The molecule has 0 saturated heterocycles. The SMILES string of the molecule is [C-]1=CCCC1.[CH2-]C.[Ru+2]. The molecular weight excluding hydrogens is 185 g/mol. The summed E-state index contributed by atoms with van der Waals surface area (Å²) in [4.78, 5) is 0. The van der Waals surface area contributed by atoms with E-state index in [4.69, 9.17) is 0 Å². The quantitative estimate of drug-likeness (QED) is 0.413. The fraction of sp³-hybridized carbons (Fsp3) is 0.571. The van der Waals surface area contributed by atoms with E-state index in [2.05, 4.69) is 19.1 Å². The third kappa shape index (κ3) is 6.36. The van der Waals surface area contributed by atoms with Crippen molar-refractivity contribution in [1.82, 2.24) is 0 Å². The van der Waals surface area contributed by atoms with Crippen molar-refractivity contribution in [3.05, 3.63) is 19.1 Å². The Morgan fingerprint density at radius 3 is 2.25 bits per heavy atom. The van der Waals surface area contributed by atoms with Gasteiger partial charge in [-0.05, 0) is 0 Å². The van der Waals surface area contributed by atoms with Crippen molar-refractivity contribution in [3.8, 4) is 0 Å². The molecule has 0 saturated carbocycles. The summed E-state index contributed by atoms with van der Waals surface area (Å²) in [5, 5.41) is 0. The molecule has 0 aromatic heterocycles. The van der Waals surface area contributed by atoms with Gasteiger partial charge in [0.15, 0.2) is 0 Å². The maximum atomic E-state index is 3.25. The molecular formula is C7H12Ru. The van der Waals surface area contributed by atoms with Crippen LogP contribution in [-0.4, -0.2) is 0 Å². The Balaban J connectivity index is 0. The van der Waals surface area contributed by atoms with Crippen LogP contribution in [0.4, 0.5) is 0 Å². The van der Waals surface area contributed by atoms with Crippen LogP contribution in [0.5, 0.6) is 0 Å². The second-order valence-corrected chi connectivity index (χ2v) is 1.30. The molecule has 0 radical (unpaired) electrons. The van der Waals surface area contributed by atoms with Gasteiger partial charge in [0, 0.05) is 0 Å². The van der Waals surface area contributed by atoms with Crippen molar-refractivity contribution in [1.29, 1.82) is 0 Å². The average Bonchev–Trinajstić information content (AvgIpc) is 2.23. The fourth-order valence-corrected chi connectivity index (χ4v) is 0.510. The van der Waals surface area contributed by atoms with Gasteiger partial charge >= 0.3 is 19.5 Å². The first-order valence-electron chi connectivity index (χ1n) is 2.76. The molecule has 1 heteroatoms. The minimum atomic E-state index is 0. The Morgan fingerprint density at radius 2 is 2.12 bits per heavy atom. The van der Waals surface area contributed by atoms with Crippen LogP contribution >= 0.6 is 0 Å². The summed E-state index contributed by atoms with van der Waals surface area (Å²) in [7, 11) is 0. The van der Waals surface area contributed by atoms with Gasteiger partial charge in [0.1, 0.15) is 0 Å². The first-order valence-corrected chi connectivity index (χ1v) is 2.76. The number of hydrogen-bond acceptors (Lipinski definition) is 0. The molecule has 0 atom stereocenters. The molecule has 0 spiro atoms. The van der Waals surface area contributed by atoms with Crippen LogP contribution < -0.4 is 0 Å². The summed E-state index contributed by atoms with van der Waals surface area (Å²) >= 11 is 0. The van der Waals surface area contributed by atoms with E-state index < -0.39 is 0 Å². The molecule has 8 heavy (non-hydrogen) atoms. The average molecular weight is 197 g/mol. The largest absolute Gasteiger partial charge is 2.00 e. The predicted molar refractivity (Wildman–Crippen MR) is 32.7 cm³/mol. The van der Waals surface area contributed by atoms with Gasteiger partial charge in [-0.25, -0.2) is 0 Å². The zero-order chi connectivity index (χ0) is 5.54. The molecule has 48 valence electrons. The number of hydrogen-bond donors (Lipinski definition) is 0. The van der Waals surface area contributed by atoms with E-state index in [0.717, 1.165) is 0 Å². The van der Waals surface area contributed by atoms with Crippen molar-refractivity contribution in [2.75, 3.05) is 0 Å². The first kappa shape index (κ1) is 11.2. The molecule has 1 aliphatic carbocycles. The van der Waals surface area contributed by atoms with Crippen LogP contribution in [0.2, 0.25) is 0 Å². The molecule has 0 aromatic carbocycles. The Kier molecular flexibility index (Phi) is 14.5. The summed E-state index contributed by atoms with van der Waals surface area (Å²) in [5.41, 5.74) is 0. The van der Waals surface area contributed by atoms with Gasteiger partial charge in [-0.3, -0.25) is 6.08 Å². The Hall–Kier alpha value is 0.363. The van der Waals surface area contributed by atoms with E-state index in [0.29, 0.717) is 0 Å². The van der Waals surface area contributed by atoms with Gasteiger partial charge in [-0.2, -0.15) is 13.3 Å². The van der Waals surface area contributed by atoms with Crippen LogP contribution in [0.25, 0.3) is 0 Å². The predicted octanol–water partition coefficient (Wildman–Crippen LogP) is 2.37. The van der Waals surface area contributed by atoms with E-state index in [1.165, 1.54) is 19.3 Å². The summed E-state index contributed by atoms with van der Waals surface area (Å²) in [6.45, 7) is 5.00. The molecule has 0 N–H and O–H groups in total. The van der Waals surface area contributed by atoms with E-state index >= 15 is 0 Å². The minimum absolute atomic E-state index is 0. The van der Waals surface area contributed by atoms with Crippen LogP contribution in [0.15, 0.2) is 6.08 Å². The molecule has 0 heterocycles. The van der Waals surface area contributed by atoms with E-state index in [1.54, 1.807) is 6.92 Å². The zero-order valence-corrected chi connectivity index (χ0v) is 7.00. The monoisotopic (exact) mass is 198 g/mol. The maximum Gasteiger partial charge on any atom is 2.00 e. The maximum absolute atomic E-state index is 3.25. The van der Waals surface area contributed by atoms with Gasteiger partial charge in [0.2, 0.25) is 0 Å². The number of rotatable bonds is 0. The molecule has 1 aliphatic rings. The van der Waals surface area contributed by atoms with Gasteiger partial charge in [-0.1, -0.05) is 12.8 Å². The zero-order valence-electron chi connectivity index (χ0n) is 5.26. The van der Waals surface area contributed by atoms with E-state index in [1.807, 2.05) is 0 Å². The Morgan fingerprint density at radius 1 is 1.50 bits per heavy atom. The Labute approximate surface area is 65.1 Å². The van der Waals surface area contributed by atoms with Gasteiger partial charge < -0.3 is 13.0 Å². The molecule has 0 aliphatic heterocycles. The van der Waals surface area contributed by atoms with Crippen molar-refractivity contribution in [2.45, 2.75) is 26.2 Å². The smallest absolute Gasteiger partial charge is 0.501 e. The second-order valence-electron chi connectivity index (χ2n) is 1.30. The molecule has 0 amide bonds. The van der Waals surface area contributed by atoms with E-state index in [9.17, 15) is 0 Å². The van der Waals surface area contributed by atoms with Crippen LogP contribution in [0.3, 0.4) is 0 Å². The van der Waals surface area contributed by atoms with Crippen LogP contribution in [0, 0.1) is 13.0 Å². The van der Waals surface area contributed by atoms with Crippen LogP contribution in [-0.2, 0) is 19.5 Å². The third-order valence-corrected chi connectivity index (χ3v) is 0.814. The summed E-state index contributed by atoms with van der Waals surface area (Å²) in [6.07, 6.45) is 9.00. The van der Waals surface area contributed by atoms with E-state index in [-0.39, 0.29) is 19.5 Å². The van der Waals surface area contributed by atoms with Crippen molar-refractivity contribution in [3.63, 3.8) is 0 Å². The van der Waals surface area contributed by atoms with Crippen LogP contribution in [0.1, 0.15) is 26.2 Å². The van der Waals surface area contributed by atoms with Gasteiger partial charge in [0.05, 0.1) is 0 Å².